The van der Waals surface area contributed by atoms with E-state index in [-0.39, 0.29) is 18.1 Å². The molecule has 118 valence electrons. The molecule has 1 aromatic rings. The lowest BCUT2D eigenvalue weighted by Gasteiger charge is -2.30. The van der Waals surface area contributed by atoms with Crippen LogP contribution >= 0.6 is 0 Å². The molecule has 1 aliphatic carbocycles. The van der Waals surface area contributed by atoms with Gasteiger partial charge in [0.15, 0.2) is 0 Å². The number of nitrogens with one attached hydrogen (secondary N) is 1. The van der Waals surface area contributed by atoms with Crippen LogP contribution in [0.2, 0.25) is 0 Å². The SMILES string of the molecule is Cc1cc(S(=O)(=O)NC2CCCCC2CO)c(F)cc1F. The number of aryl methyl sites for hydroxylation is 1. The second-order valence-electron chi connectivity index (χ2n) is 5.49. The molecule has 2 atom stereocenters. The predicted octanol–water partition coefficient (Wildman–Crippen LogP) is 2.10. The van der Waals surface area contributed by atoms with Gasteiger partial charge in [-0.25, -0.2) is 21.9 Å². The summed E-state index contributed by atoms with van der Waals surface area (Å²) in [6, 6.07) is 1.15. The Balaban J connectivity index is 2.28. The quantitative estimate of drug-likeness (QED) is 0.893. The molecule has 0 saturated heterocycles. The van der Waals surface area contributed by atoms with Gasteiger partial charge in [-0.2, -0.15) is 0 Å². The van der Waals surface area contributed by atoms with Gasteiger partial charge in [-0.15, -0.1) is 0 Å². The van der Waals surface area contributed by atoms with Gasteiger partial charge in [0.25, 0.3) is 0 Å². The zero-order valence-corrected chi connectivity index (χ0v) is 12.6. The zero-order chi connectivity index (χ0) is 15.6. The summed E-state index contributed by atoms with van der Waals surface area (Å²) < 4.78 is 54.0. The minimum absolute atomic E-state index is 0.0686. The zero-order valence-electron chi connectivity index (χ0n) is 11.8. The lowest BCUT2D eigenvalue weighted by Crippen LogP contribution is -2.43. The molecule has 0 radical (unpaired) electrons. The van der Waals surface area contributed by atoms with Gasteiger partial charge in [-0.1, -0.05) is 12.8 Å². The van der Waals surface area contributed by atoms with E-state index in [0.29, 0.717) is 12.5 Å². The lowest BCUT2D eigenvalue weighted by molar-refractivity contribution is 0.164. The first-order valence-corrected chi connectivity index (χ1v) is 8.42. The fourth-order valence-corrected chi connectivity index (χ4v) is 4.16. The molecule has 2 unspecified atom stereocenters. The number of rotatable bonds is 4. The topological polar surface area (TPSA) is 66.4 Å². The van der Waals surface area contributed by atoms with Gasteiger partial charge < -0.3 is 5.11 Å². The standard InChI is InChI=1S/C14H19F2NO3S/c1-9-6-14(12(16)7-11(9)15)21(19,20)17-13-5-3-2-4-10(13)8-18/h6-7,10,13,17-18H,2-5,8H2,1H3. The molecule has 1 fully saturated rings. The second-order valence-corrected chi connectivity index (χ2v) is 7.17. The molecule has 1 aliphatic rings. The first-order chi connectivity index (χ1) is 9.85. The third-order valence-electron chi connectivity index (χ3n) is 3.95. The van der Waals surface area contributed by atoms with Gasteiger partial charge >= 0.3 is 0 Å². The van der Waals surface area contributed by atoms with Crippen LogP contribution in [-0.2, 0) is 10.0 Å². The van der Waals surface area contributed by atoms with E-state index in [2.05, 4.69) is 4.72 Å². The number of aliphatic hydroxyl groups excluding tert-OH is 1. The van der Waals surface area contributed by atoms with Crippen molar-refractivity contribution in [2.24, 2.45) is 5.92 Å². The minimum atomic E-state index is -4.08. The number of sulfonamides is 1. The maximum Gasteiger partial charge on any atom is 0.243 e. The summed E-state index contributed by atoms with van der Waals surface area (Å²) in [5.74, 6) is -2.06. The van der Waals surface area contributed by atoms with Crippen LogP contribution < -0.4 is 4.72 Å². The van der Waals surface area contributed by atoms with Crippen LogP contribution in [0.25, 0.3) is 0 Å². The Bertz CT molecular complexity index is 619. The predicted molar refractivity (Wildman–Crippen MR) is 74.2 cm³/mol. The molecule has 21 heavy (non-hydrogen) atoms. The van der Waals surface area contributed by atoms with Crippen LogP contribution in [0.15, 0.2) is 17.0 Å². The minimum Gasteiger partial charge on any atom is -0.396 e. The van der Waals surface area contributed by atoms with E-state index < -0.39 is 32.6 Å². The Hall–Kier alpha value is -1.05. The number of hydrogen-bond acceptors (Lipinski definition) is 3. The third kappa shape index (κ3) is 3.59. The number of aliphatic hydroxyl groups is 1. The molecular formula is C14H19F2NO3S. The number of benzene rings is 1. The summed E-state index contributed by atoms with van der Waals surface area (Å²) in [7, 11) is -4.08. The lowest BCUT2D eigenvalue weighted by atomic mass is 9.86. The highest BCUT2D eigenvalue weighted by atomic mass is 32.2. The summed E-state index contributed by atoms with van der Waals surface area (Å²) in [6.07, 6.45) is 3.13. The van der Waals surface area contributed by atoms with Gasteiger partial charge in [0.1, 0.15) is 16.5 Å². The molecule has 0 bridgehead atoms. The van der Waals surface area contributed by atoms with Crippen LogP contribution in [0, 0.1) is 24.5 Å². The summed E-state index contributed by atoms with van der Waals surface area (Å²) in [6.45, 7) is 1.27. The van der Waals surface area contributed by atoms with Crippen molar-refractivity contribution in [3.05, 3.63) is 29.3 Å². The number of halogens is 2. The molecule has 1 saturated carbocycles. The first-order valence-electron chi connectivity index (χ1n) is 6.94. The molecule has 2 rings (SSSR count). The monoisotopic (exact) mass is 319 g/mol. The molecule has 0 spiro atoms. The van der Waals surface area contributed by atoms with Crippen LogP contribution in [0.3, 0.4) is 0 Å². The van der Waals surface area contributed by atoms with E-state index in [0.717, 1.165) is 25.3 Å². The normalized spacial score (nSPS) is 23.2. The van der Waals surface area contributed by atoms with Crippen molar-refractivity contribution in [1.82, 2.24) is 4.72 Å². The maximum atomic E-state index is 13.8. The smallest absolute Gasteiger partial charge is 0.243 e. The van der Waals surface area contributed by atoms with Gasteiger partial charge in [-0.3, -0.25) is 0 Å². The first kappa shape index (κ1) is 16.3. The van der Waals surface area contributed by atoms with Crippen LogP contribution in [0.4, 0.5) is 8.78 Å². The average molecular weight is 319 g/mol. The highest BCUT2D eigenvalue weighted by Crippen LogP contribution is 2.26. The van der Waals surface area contributed by atoms with Crippen molar-refractivity contribution in [3.8, 4) is 0 Å². The van der Waals surface area contributed by atoms with E-state index >= 15 is 0 Å². The molecule has 0 heterocycles. The highest BCUT2D eigenvalue weighted by Gasteiger charge is 2.30. The molecule has 0 aromatic heterocycles. The highest BCUT2D eigenvalue weighted by molar-refractivity contribution is 7.89. The molecule has 0 aliphatic heterocycles. The number of hydrogen-bond donors (Lipinski definition) is 2. The third-order valence-corrected chi connectivity index (χ3v) is 5.46. The second kappa shape index (κ2) is 6.37. The van der Waals surface area contributed by atoms with Crippen LogP contribution in [0.5, 0.6) is 0 Å². The summed E-state index contributed by atoms with van der Waals surface area (Å²) in [4.78, 5) is -0.552. The largest absolute Gasteiger partial charge is 0.396 e. The molecule has 4 nitrogen and oxygen atoms in total. The van der Waals surface area contributed by atoms with Crippen molar-refractivity contribution < 1.29 is 22.3 Å². The fraction of sp³-hybridized carbons (Fsp3) is 0.571. The van der Waals surface area contributed by atoms with Gasteiger partial charge in [-0.05, 0) is 37.3 Å². The van der Waals surface area contributed by atoms with Crippen molar-refractivity contribution in [2.45, 2.75) is 43.5 Å². The molecular weight excluding hydrogens is 300 g/mol. The van der Waals surface area contributed by atoms with Crippen LogP contribution in [-0.4, -0.2) is 26.2 Å². The van der Waals surface area contributed by atoms with Crippen molar-refractivity contribution in [3.63, 3.8) is 0 Å². The van der Waals surface area contributed by atoms with Gasteiger partial charge in [0.05, 0.1) is 0 Å². The maximum absolute atomic E-state index is 13.8. The summed E-state index contributed by atoms with van der Waals surface area (Å²) >= 11 is 0. The van der Waals surface area contributed by atoms with E-state index in [1.54, 1.807) is 0 Å². The summed E-state index contributed by atoms with van der Waals surface area (Å²) in [5, 5.41) is 9.31. The Kier molecular flexibility index (Phi) is 4.95. The molecule has 2 N–H and O–H groups in total. The van der Waals surface area contributed by atoms with Crippen molar-refractivity contribution in [2.75, 3.05) is 6.61 Å². The van der Waals surface area contributed by atoms with Gasteiger partial charge in [0.2, 0.25) is 10.0 Å². The Labute approximate surface area is 123 Å². The van der Waals surface area contributed by atoms with E-state index in [9.17, 15) is 22.3 Å². The van der Waals surface area contributed by atoms with Crippen molar-refractivity contribution >= 4 is 10.0 Å². The van der Waals surface area contributed by atoms with Gasteiger partial charge in [0, 0.05) is 18.7 Å². The van der Waals surface area contributed by atoms with E-state index in [1.807, 2.05) is 0 Å². The molecule has 1 aromatic carbocycles. The Morgan fingerprint density at radius 3 is 2.57 bits per heavy atom. The Morgan fingerprint density at radius 1 is 1.24 bits per heavy atom. The van der Waals surface area contributed by atoms with Crippen LogP contribution in [0.1, 0.15) is 31.2 Å². The summed E-state index contributed by atoms with van der Waals surface area (Å²) in [5.41, 5.74) is 0.0686. The van der Waals surface area contributed by atoms with E-state index in [1.165, 1.54) is 6.92 Å². The Morgan fingerprint density at radius 2 is 1.90 bits per heavy atom. The van der Waals surface area contributed by atoms with E-state index in [4.69, 9.17) is 0 Å². The molecule has 7 heteroatoms. The average Bonchev–Trinajstić information content (AvgIpc) is 2.43. The van der Waals surface area contributed by atoms with Crippen molar-refractivity contribution in [1.29, 1.82) is 0 Å². The fourth-order valence-electron chi connectivity index (χ4n) is 2.68. The molecule has 0 amide bonds.